The van der Waals surface area contributed by atoms with Crippen LogP contribution in [0.2, 0.25) is 0 Å². The third-order valence-corrected chi connectivity index (χ3v) is 7.97. The number of pyridine rings is 2. The fourth-order valence-electron chi connectivity index (χ4n) is 4.40. The van der Waals surface area contributed by atoms with Crippen LogP contribution in [-0.4, -0.2) is 9.97 Å². The van der Waals surface area contributed by atoms with E-state index in [4.69, 9.17) is 4.98 Å². The molecule has 0 saturated carbocycles. The molecule has 0 atom stereocenters. The maximum Gasteiger partial charge on any atom is 0.123 e. The van der Waals surface area contributed by atoms with Gasteiger partial charge in [0.05, 0.1) is 5.69 Å². The highest BCUT2D eigenvalue weighted by atomic mass is 32.1. The molecule has 0 radical (unpaired) electrons. The van der Waals surface area contributed by atoms with Crippen LogP contribution in [0.5, 0.6) is 0 Å². The van der Waals surface area contributed by atoms with Crippen LogP contribution < -0.4 is 0 Å². The summed E-state index contributed by atoms with van der Waals surface area (Å²) >= 11 is 3.49. The van der Waals surface area contributed by atoms with E-state index in [2.05, 4.69) is 91.8 Å². The minimum Gasteiger partial charge on any atom is -0.256 e. The van der Waals surface area contributed by atoms with Crippen LogP contribution in [0.1, 0.15) is 26.3 Å². The number of hydrogen-bond donors (Lipinski definition) is 0. The fourth-order valence-corrected chi connectivity index (χ4v) is 6.15. The molecule has 0 spiro atoms. The summed E-state index contributed by atoms with van der Waals surface area (Å²) in [7, 11) is 0. The Labute approximate surface area is 195 Å². The first-order chi connectivity index (χ1) is 15.5. The minimum atomic E-state index is 0.0466. The molecular weight excluding hydrogens is 428 g/mol. The van der Waals surface area contributed by atoms with Crippen LogP contribution in [0.25, 0.3) is 52.8 Å². The van der Waals surface area contributed by atoms with E-state index in [1.165, 1.54) is 42.2 Å². The Morgan fingerprint density at radius 2 is 1.62 bits per heavy atom. The molecule has 0 aliphatic heterocycles. The van der Waals surface area contributed by atoms with Gasteiger partial charge < -0.3 is 0 Å². The Kier molecular flexibility index (Phi) is 4.42. The number of thiophene rings is 2. The molecule has 156 valence electrons. The molecular formula is C28H22N2S2. The molecule has 0 bridgehead atoms. The maximum absolute atomic E-state index is 4.85. The van der Waals surface area contributed by atoms with Crippen molar-refractivity contribution in [1.29, 1.82) is 0 Å². The van der Waals surface area contributed by atoms with E-state index in [1.54, 1.807) is 11.3 Å². The largest absolute Gasteiger partial charge is 0.256 e. The van der Waals surface area contributed by atoms with Gasteiger partial charge in [-0.3, -0.25) is 4.98 Å². The van der Waals surface area contributed by atoms with Gasteiger partial charge in [0.25, 0.3) is 0 Å². The van der Waals surface area contributed by atoms with Gasteiger partial charge in [0.1, 0.15) is 4.83 Å². The SMILES string of the molecule is CC(C)(C)c1cc(-c2nccc3sc(-c4cnc5sccc5c4)cc23)cc2ccccc12. The lowest BCUT2D eigenvalue weighted by Crippen LogP contribution is -2.12. The first-order valence-corrected chi connectivity index (χ1v) is 12.4. The molecule has 2 nitrogen and oxygen atoms in total. The average Bonchev–Trinajstić information content (AvgIpc) is 3.43. The molecule has 0 saturated heterocycles. The van der Waals surface area contributed by atoms with Crippen LogP contribution in [-0.2, 0) is 5.41 Å². The van der Waals surface area contributed by atoms with Crippen molar-refractivity contribution in [3.63, 3.8) is 0 Å². The summed E-state index contributed by atoms with van der Waals surface area (Å²) in [5.41, 5.74) is 4.79. The molecule has 0 unspecified atom stereocenters. The van der Waals surface area contributed by atoms with E-state index in [0.29, 0.717) is 0 Å². The van der Waals surface area contributed by atoms with E-state index in [1.807, 2.05) is 23.7 Å². The molecule has 4 heterocycles. The van der Waals surface area contributed by atoms with E-state index >= 15 is 0 Å². The zero-order valence-electron chi connectivity index (χ0n) is 18.2. The average molecular weight is 451 g/mol. The van der Waals surface area contributed by atoms with Gasteiger partial charge in [0.2, 0.25) is 0 Å². The monoisotopic (exact) mass is 450 g/mol. The molecule has 0 aliphatic rings. The quantitative estimate of drug-likeness (QED) is 0.264. The molecule has 6 aromatic rings. The molecule has 0 amide bonds. The van der Waals surface area contributed by atoms with E-state index in [-0.39, 0.29) is 5.41 Å². The minimum absolute atomic E-state index is 0.0466. The zero-order chi connectivity index (χ0) is 21.9. The number of hydrogen-bond acceptors (Lipinski definition) is 4. The summed E-state index contributed by atoms with van der Waals surface area (Å²) in [5.74, 6) is 0. The normalized spacial score (nSPS) is 12.2. The second-order valence-corrected chi connectivity index (χ2v) is 11.2. The Bertz CT molecular complexity index is 1620. The van der Waals surface area contributed by atoms with Crippen molar-refractivity contribution < 1.29 is 0 Å². The highest BCUT2D eigenvalue weighted by Crippen LogP contribution is 2.40. The van der Waals surface area contributed by atoms with Gasteiger partial charge in [-0.1, -0.05) is 45.0 Å². The van der Waals surface area contributed by atoms with Crippen molar-refractivity contribution >= 4 is 53.7 Å². The molecule has 0 N–H and O–H groups in total. The topological polar surface area (TPSA) is 25.8 Å². The fraction of sp³-hybridized carbons (Fsp3) is 0.143. The number of rotatable bonds is 2. The lowest BCUT2D eigenvalue weighted by molar-refractivity contribution is 0.596. The Balaban J connectivity index is 1.56. The Hall–Kier alpha value is -3.08. The summed E-state index contributed by atoms with van der Waals surface area (Å²) in [5, 5.41) is 7.08. The van der Waals surface area contributed by atoms with Crippen molar-refractivity contribution in [1.82, 2.24) is 9.97 Å². The third-order valence-electron chi connectivity index (χ3n) is 5.98. The standard InChI is InChI=1S/C28H22N2S2/c1-28(2,3)23-14-19(12-17-6-4-5-7-21(17)23)26-22-15-25(32-24(22)8-10-29-26)20-13-18-9-11-31-27(18)30-16-20/h4-16H,1-3H3. The van der Waals surface area contributed by atoms with Crippen molar-refractivity contribution in [2.75, 3.05) is 0 Å². The lowest BCUT2D eigenvalue weighted by atomic mass is 9.82. The van der Waals surface area contributed by atoms with Crippen molar-refractivity contribution in [2.24, 2.45) is 0 Å². The van der Waals surface area contributed by atoms with Crippen molar-refractivity contribution in [3.05, 3.63) is 84.0 Å². The molecule has 4 aromatic heterocycles. The van der Waals surface area contributed by atoms with Crippen LogP contribution in [0.4, 0.5) is 0 Å². The number of benzene rings is 2. The van der Waals surface area contributed by atoms with Crippen LogP contribution in [0.3, 0.4) is 0 Å². The molecule has 0 aliphatic carbocycles. The predicted molar refractivity (Wildman–Crippen MR) is 140 cm³/mol. The zero-order valence-corrected chi connectivity index (χ0v) is 19.8. The van der Waals surface area contributed by atoms with Crippen molar-refractivity contribution in [2.45, 2.75) is 26.2 Å². The second-order valence-electron chi connectivity index (χ2n) is 9.22. The summed E-state index contributed by atoms with van der Waals surface area (Å²) in [6.45, 7) is 6.84. The molecule has 2 aromatic carbocycles. The summed E-state index contributed by atoms with van der Waals surface area (Å²) in [4.78, 5) is 11.8. The second kappa shape index (κ2) is 7.22. The van der Waals surface area contributed by atoms with Gasteiger partial charge in [-0.2, -0.15) is 0 Å². The number of aromatic nitrogens is 2. The highest BCUT2D eigenvalue weighted by Gasteiger charge is 2.20. The molecule has 0 fully saturated rings. The first-order valence-electron chi connectivity index (χ1n) is 10.7. The van der Waals surface area contributed by atoms with E-state index < -0.39 is 0 Å². The van der Waals surface area contributed by atoms with E-state index in [9.17, 15) is 0 Å². The highest BCUT2D eigenvalue weighted by molar-refractivity contribution is 7.22. The van der Waals surface area contributed by atoms with Gasteiger partial charge in [0.15, 0.2) is 0 Å². The summed E-state index contributed by atoms with van der Waals surface area (Å²) < 4.78 is 1.25. The maximum atomic E-state index is 4.85. The van der Waals surface area contributed by atoms with Crippen LogP contribution >= 0.6 is 22.7 Å². The first kappa shape index (κ1) is 19.6. The molecule has 6 rings (SSSR count). The predicted octanol–water partition coefficient (Wildman–Crippen LogP) is 8.69. The van der Waals surface area contributed by atoms with Gasteiger partial charge in [-0.15, -0.1) is 22.7 Å². The lowest BCUT2D eigenvalue weighted by Gasteiger charge is -2.22. The van der Waals surface area contributed by atoms with Gasteiger partial charge in [0, 0.05) is 43.9 Å². The summed E-state index contributed by atoms with van der Waals surface area (Å²) in [6, 6.07) is 22.1. The summed E-state index contributed by atoms with van der Waals surface area (Å²) in [6.07, 6.45) is 3.93. The van der Waals surface area contributed by atoms with Gasteiger partial charge >= 0.3 is 0 Å². The van der Waals surface area contributed by atoms with Gasteiger partial charge in [-0.25, -0.2) is 4.98 Å². The van der Waals surface area contributed by atoms with Gasteiger partial charge in [-0.05, 0) is 63.5 Å². The van der Waals surface area contributed by atoms with Crippen LogP contribution in [0.15, 0.2) is 78.4 Å². The molecule has 32 heavy (non-hydrogen) atoms. The Morgan fingerprint density at radius 3 is 2.50 bits per heavy atom. The third kappa shape index (κ3) is 3.22. The smallest absolute Gasteiger partial charge is 0.123 e. The number of nitrogens with zero attached hydrogens (tertiary/aromatic N) is 2. The molecule has 4 heteroatoms. The Morgan fingerprint density at radius 1 is 0.781 bits per heavy atom. The number of fused-ring (bicyclic) bond motifs is 3. The van der Waals surface area contributed by atoms with E-state index in [0.717, 1.165) is 16.1 Å². The van der Waals surface area contributed by atoms with Crippen molar-refractivity contribution in [3.8, 4) is 21.7 Å². The van der Waals surface area contributed by atoms with Crippen LogP contribution in [0, 0.1) is 0 Å².